The fourth-order valence-electron chi connectivity index (χ4n) is 6.49. The Morgan fingerprint density at radius 3 is 1.45 bits per heavy atom. The van der Waals surface area contributed by atoms with Gasteiger partial charge in [0, 0.05) is 13.0 Å². The van der Waals surface area contributed by atoms with Crippen molar-refractivity contribution in [3.63, 3.8) is 0 Å². The number of esters is 1. The Hall–Kier alpha value is -1.29. The zero-order valence-electron chi connectivity index (χ0n) is 35.5. The number of allylic oxidation sites excluding steroid dienone is 2. The summed E-state index contributed by atoms with van der Waals surface area (Å²) in [4.78, 5) is 33.4. The quantitative estimate of drug-likeness (QED) is 0.0235. The Morgan fingerprint density at radius 2 is 0.982 bits per heavy atom. The van der Waals surface area contributed by atoms with E-state index in [0.29, 0.717) is 13.0 Å². The standard InChI is InChI=1S/C44H86NO9P/c1-3-5-7-9-11-13-15-16-17-18-19-20-21-22-23-24-25-26-27-29-31-33-35-37-51-38-41(39-52-55(49,50)53-40-42(45)44(47)48)54-43(46)36-34-32-30-28-14-12-10-8-6-4-2/h8,10,41-42H,3-7,9,11-40,45H2,1-2H3,(H,47,48)(H,49,50)/b10-8-. The summed E-state index contributed by atoms with van der Waals surface area (Å²) in [5, 5.41) is 8.88. The van der Waals surface area contributed by atoms with Crippen LogP contribution in [0.15, 0.2) is 12.2 Å². The smallest absolute Gasteiger partial charge is 0.472 e. The largest absolute Gasteiger partial charge is 0.480 e. The van der Waals surface area contributed by atoms with E-state index >= 15 is 0 Å². The van der Waals surface area contributed by atoms with Crippen LogP contribution in [0.2, 0.25) is 0 Å². The minimum absolute atomic E-state index is 0.0191. The molecule has 0 rings (SSSR count). The van der Waals surface area contributed by atoms with Gasteiger partial charge in [0.25, 0.3) is 0 Å². The lowest BCUT2D eigenvalue weighted by Gasteiger charge is -2.20. The van der Waals surface area contributed by atoms with E-state index < -0.39 is 45.1 Å². The van der Waals surface area contributed by atoms with Crippen LogP contribution in [0.1, 0.15) is 219 Å². The van der Waals surface area contributed by atoms with E-state index in [1.54, 1.807) is 0 Å². The Bertz CT molecular complexity index is 935. The molecule has 4 N–H and O–H groups in total. The third-order valence-corrected chi connectivity index (χ3v) is 11.0. The zero-order chi connectivity index (χ0) is 40.5. The van der Waals surface area contributed by atoms with Crippen molar-refractivity contribution in [1.82, 2.24) is 0 Å². The summed E-state index contributed by atoms with van der Waals surface area (Å²) in [6, 6.07) is -1.47. The molecule has 0 aliphatic heterocycles. The Labute approximate surface area is 337 Å². The van der Waals surface area contributed by atoms with Crippen LogP contribution in [0.4, 0.5) is 0 Å². The minimum Gasteiger partial charge on any atom is -0.480 e. The first-order chi connectivity index (χ1) is 26.7. The molecule has 0 aliphatic rings. The second kappa shape index (κ2) is 40.9. The molecule has 0 aromatic rings. The molecule has 0 saturated carbocycles. The first kappa shape index (κ1) is 53.7. The highest BCUT2D eigenvalue weighted by molar-refractivity contribution is 7.47. The summed E-state index contributed by atoms with van der Waals surface area (Å²) in [6.07, 6.45) is 42.9. The summed E-state index contributed by atoms with van der Waals surface area (Å²) >= 11 is 0. The predicted molar refractivity (Wildman–Crippen MR) is 226 cm³/mol. The number of phosphoric ester groups is 1. The van der Waals surface area contributed by atoms with E-state index in [1.165, 1.54) is 135 Å². The van der Waals surface area contributed by atoms with Crippen molar-refractivity contribution in [3.05, 3.63) is 12.2 Å². The van der Waals surface area contributed by atoms with E-state index in [2.05, 4.69) is 26.0 Å². The lowest BCUT2D eigenvalue weighted by molar-refractivity contribution is -0.154. The van der Waals surface area contributed by atoms with Gasteiger partial charge in [-0.1, -0.05) is 193 Å². The highest BCUT2D eigenvalue weighted by Gasteiger charge is 2.27. The molecule has 3 unspecified atom stereocenters. The zero-order valence-corrected chi connectivity index (χ0v) is 36.4. The molecule has 0 spiro atoms. The molecular weight excluding hydrogens is 717 g/mol. The highest BCUT2D eigenvalue weighted by Crippen LogP contribution is 2.43. The fourth-order valence-corrected chi connectivity index (χ4v) is 7.27. The van der Waals surface area contributed by atoms with E-state index in [1.807, 2.05) is 0 Å². The van der Waals surface area contributed by atoms with Crippen molar-refractivity contribution >= 4 is 19.8 Å². The topological polar surface area (TPSA) is 155 Å². The number of carboxylic acids is 1. The molecule has 326 valence electrons. The molecule has 0 aromatic carbocycles. The number of ether oxygens (including phenoxy) is 2. The molecule has 0 heterocycles. The highest BCUT2D eigenvalue weighted by atomic mass is 31.2. The number of carbonyl (C=O) groups excluding carboxylic acids is 1. The normalized spacial score (nSPS) is 14.0. The maximum atomic E-state index is 12.6. The molecule has 0 aromatic heterocycles. The third-order valence-electron chi connectivity index (χ3n) is 10.0. The van der Waals surface area contributed by atoms with Gasteiger partial charge in [0.05, 0.1) is 19.8 Å². The van der Waals surface area contributed by atoms with Gasteiger partial charge in [0.1, 0.15) is 12.1 Å². The van der Waals surface area contributed by atoms with Gasteiger partial charge < -0.3 is 25.2 Å². The second-order valence-electron chi connectivity index (χ2n) is 15.5. The molecule has 0 bridgehead atoms. The van der Waals surface area contributed by atoms with Crippen molar-refractivity contribution in [3.8, 4) is 0 Å². The van der Waals surface area contributed by atoms with E-state index in [-0.39, 0.29) is 13.0 Å². The number of aliphatic carboxylic acids is 1. The maximum Gasteiger partial charge on any atom is 0.472 e. The number of carboxylic acid groups (broad SMARTS) is 1. The molecule has 0 amide bonds. The number of rotatable bonds is 44. The van der Waals surface area contributed by atoms with E-state index in [4.69, 9.17) is 29.4 Å². The van der Waals surface area contributed by atoms with Crippen LogP contribution in [0.25, 0.3) is 0 Å². The van der Waals surface area contributed by atoms with Gasteiger partial charge in [-0.05, 0) is 32.1 Å². The number of unbranched alkanes of at least 4 members (excludes halogenated alkanes) is 28. The number of hydrogen-bond acceptors (Lipinski definition) is 8. The van der Waals surface area contributed by atoms with Gasteiger partial charge in [-0.3, -0.25) is 18.6 Å². The van der Waals surface area contributed by atoms with Gasteiger partial charge in [0.2, 0.25) is 0 Å². The minimum atomic E-state index is -4.61. The van der Waals surface area contributed by atoms with Crippen LogP contribution in [-0.2, 0) is 32.7 Å². The van der Waals surface area contributed by atoms with Crippen molar-refractivity contribution < 1.29 is 42.7 Å². The molecule has 0 aliphatic carbocycles. The van der Waals surface area contributed by atoms with E-state index in [9.17, 15) is 19.0 Å². The number of hydrogen-bond donors (Lipinski definition) is 3. The average molecular weight is 804 g/mol. The fraction of sp³-hybridized carbons (Fsp3) is 0.909. The van der Waals surface area contributed by atoms with Crippen LogP contribution in [-0.4, -0.2) is 60.5 Å². The lowest BCUT2D eigenvalue weighted by Crippen LogP contribution is -2.34. The molecule has 0 radical (unpaired) electrons. The Kier molecular flexibility index (Phi) is 39.9. The van der Waals surface area contributed by atoms with Crippen LogP contribution < -0.4 is 5.73 Å². The summed E-state index contributed by atoms with van der Waals surface area (Å²) in [6.45, 7) is 3.84. The van der Waals surface area contributed by atoms with Crippen LogP contribution in [0.5, 0.6) is 0 Å². The van der Waals surface area contributed by atoms with Crippen molar-refractivity contribution in [2.45, 2.75) is 231 Å². The van der Waals surface area contributed by atoms with Crippen molar-refractivity contribution in [1.29, 1.82) is 0 Å². The van der Waals surface area contributed by atoms with Crippen molar-refractivity contribution in [2.24, 2.45) is 5.73 Å². The number of nitrogens with two attached hydrogens (primary N) is 1. The SMILES string of the molecule is CCC/C=C\CCCCCCCC(=O)OC(COCCCCCCCCCCCCCCCCCCCCCCCCC)COP(=O)(O)OCC(N)C(=O)O. The molecule has 11 heteroatoms. The number of phosphoric acid groups is 1. The molecule has 0 saturated heterocycles. The van der Waals surface area contributed by atoms with Gasteiger partial charge in [-0.2, -0.15) is 0 Å². The predicted octanol–water partition coefficient (Wildman–Crippen LogP) is 12.5. The summed E-state index contributed by atoms with van der Waals surface area (Å²) in [5.74, 6) is -1.78. The number of carbonyl (C=O) groups is 2. The summed E-state index contributed by atoms with van der Waals surface area (Å²) in [7, 11) is -4.61. The van der Waals surface area contributed by atoms with Crippen molar-refractivity contribution in [2.75, 3.05) is 26.4 Å². The Balaban J connectivity index is 4.03. The first-order valence-corrected chi connectivity index (χ1v) is 24.2. The second-order valence-corrected chi connectivity index (χ2v) is 17.0. The first-order valence-electron chi connectivity index (χ1n) is 22.7. The summed E-state index contributed by atoms with van der Waals surface area (Å²) < 4.78 is 33.3. The van der Waals surface area contributed by atoms with E-state index in [0.717, 1.165) is 57.8 Å². The molecule has 10 nitrogen and oxygen atoms in total. The monoisotopic (exact) mass is 804 g/mol. The molecule has 0 fully saturated rings. The van der Waals surface area contributed by atoms with Crippen LogP contribution in [0.3, 0.4) is 0 Å². The van der Waals surface area contributed by atoms with Gasteiger partial charge >= 0.3 is 19.8 Å². The molecule has 3 atom stereocenters. The Morgan fingerprint density at radius 1 is 0.564 bits per heavy atom. The molecular formula is C44H86NO9P. The third kappa shape index (κ3) is 40.7. The maximum absolute atomic E-state index is 12.6. The van der Waals surface area contributed by atoms with Gasteiger partial charge in [-0.15, -0.1) is 0 Å². The van der Waals surface area contributed by atoms with Gasteiger partial charge in [0.15, 0.2) is 0 Å². The molecule has 55 heavy (non-hydrogen) atoms. The van der Waals surface area contributed by atoms with Crippen LogP contribution in [0, 0.1) is 0 Å². The average Bonchev–Trinajstić information content (AvgIpc) is 3.16. The van der Waals surface area contributed by atoms with Crippen LogP contribution >= 0.6 is 7.82 Å². The lowest BCUT2D eigenvalue weighted by atomic mass is 10.0. The summed E-state index contributed by atoms with van der Waals surface area (Å²) in [5.41, 5.74) is 5.35. The van der Waals surface area contributed by atoms with Gasteiger partial charge in [-0.25, -0.2) is 4.57 Å².